The van der Waals surface area contributed by atoms with Crippen molar-refractivity contribution in [2.75, 3.05) is 26.7 Å². The van der Waals surface area contributed by atoms with Crippen LogP contribution in [0.1, 0.15) is 23.2 Å². The Kier molecular flexibility index (Phi) is 4.33. The van der Waals surface area contributed by atoms with Crippen LogP contribution in [0, 0.1) is 0 Å². The lowest BCUT2D eigenvalue weighted by atomic mass is 10.1. The molecule has 0 spiro atoms. The number of rotatable bonds is 4. The lowest BCUT2D eigenvalue weighted by molar-refractivity contribution is 0.0990. The molecule has 0 amide bonds. The number of ketones is 1. The number of likely N-dealkylation sites (tertiary alicyclic amines) is 1. The zero-order valence-electron chi connectivity index (χ0n) is 10.8. The number of hydrogen-bond donors (Lipinski definition) is 1. The molecular weight excluding hydrogens is 228 g/mol. The van der Waals surface area contributed by atoms with Gasteiger partial charge < -0.3 is 15.4 Å². The van der Waals surface area contributed by atoms with Crippen LogP contribution in [0.25, 0.3) is 0 Å². The van der Waals surface area contributed by atoms with Crippen LogP contribution in [0.5, 0.6) is 5.75 Å². The molecule has 98 valence electrons. The summed E-state index contributed by atoms with van der Waals surface area (Å²) in [5.74, 6) is 0.704. The fourth-order valence-electron chi connectivity index (χ4n) is 2.27. The minimum Gasteiger partial charge on any atom is -0.489 e. The minimum absolute atomic E-state index is 0.0373. The molecule has 4 nitrogen and oxygen atoms in total. The first-order valence-corrected chi connectivity index (χ1v) is 6.37. The van der Waals surface area contributed by atoms with Crippen LogP contribution in [0.4, 0.5) is 0 Å². The Balaban J connectivity index is 2.02. The molecule has 1 atom stereocenters. The molecule has 2 N–H and O–H groups in total. The number of benzene rings is 1. The third-order valence-electron chi connectivity index (χ3n) is 3.23. The van der Waals surface area contributed by atoms with Crippen molar-refractivity contribution in [1.82, 2.24) is 4.90 Å². The molecule has 0 saturated carbocycles. The Morgan fingerprint density at radius 1 is 1.56 bits per heavy atom. The highest BCUT2D eigenvalue weighted by molar-refractivity contribution is 5.97. The number of carbonyl (C=O) groups is 1. The quantitative estimate of drug-likeness (QED) is 0.816. The van der Waals surface area contributed by atoms with Crippen LogP contribution in [0.3, 0.4) is 0 Å². The highest BCUT2D eigenvalue weighted by Crippen LogP contribution is 2.19. The maximum absolute atomic E-state index is 11.5. The zero-order chi connectivity index (χ0) is 13.0. The van der Waals surface area contributed by atoms with E-state index in [4.69, 9.17) is 10.5 Å². The number of nitrogens with zero attached hydrogens (tertiary/aromatic N) is 1. The maximum atomic E-state index is 11.5. The van der Waals surface area contributed by atoms with E-state index in [2.05, 4.69) is 11.9 Å². The Morgan fingerprint density at radius 2 is 2.39 bits per heavy atom. The summed E-state index contributed by atoms with van der Waals surface area (Å²) in [5, 5.41) is 0. The number of hydrogen-bond acceptors (Lipinski definition) is 4. The average molecular weight is 248 g/mol. The second-order valence-corrected chi connectivity index (χ2v) is 4.80. The topological polar surface area (TPSA) is 55.6 Å². The van der Waals surface area contributed by atoms with Crippen molar-refractivity contribution < 1.29 is 9.53 Å². The molecule has 1 unspecified atom stereocenters. The van der Waals surface area contributed by atoms with Crippen molar-refractivity contribution in [3.05, 3.63) is 29.8 Å². The van der Waals surface area contributed by atoms with E-state index in [1.54, 1.807) is 12.1 Å². The molecule has 1 aromatic carbocycles. The van der Waals surface area contributed by atoms with Gasteiger partial charge in [-0.05, 0) is 38.6 Å². The van der Waals surface area contributed by atoms with Gasteiger partial charge in [0.2, 0.25) is 0 Å². The van der Waals surface area contributed by atoms with Crippen LogP contribution in [-0.2, 0) is 0 Å². The van der Waals surface area contributed by atoms with Gasteiger partial charge in [0.25, 0.3) is 0 Å². The van der Waals surface area contributed by atoms with Crippen molar-refractivity contribution in [1.29, 1.82) is 0 Å². The Bertz CT molecular complexity index is 420. The molecule has 0 bridgehead atoms. The lowest BCUT2D eigenvalue weighted by Crippen LogP contribution is -2.38. The molecule has 0 aromatic heterocycles. The van der Waals surface area contributed by atoms with Gasteiger partial charge >= 0.3 is 0 Å². The van der Waals surface area contributed by atoms with Gasteiger partial charge in [-0.3, -0.25) is 4.79 Å². The van der Waals surface area contributed by atoms with Crippen molar-refractivity contribution >= 4 is 5.78 Å². The molecule has 1 fully saturated rings. The molecule has 4 heteroatoms. The van der Waals surface area contributed by atoms with Crippen LogP contribution >= 0.6 is 0 Å². The summed E-state index contributed by atoms with van der Waals surface area (Å²) in [5.41, 5.74) is 5.98. The monoisotopic (exact) mass is 248 g/mol. The number of nitrogens with two attached hydrogens (primary N) is 1. The van der Waals surface area contributed by atoms with Gasteiger partial charge in [0.05, 0.1) is 6.54 Å². The van der Waals surface area contributed by atoms with Gasteiger partial charge in [0.15, 0.2) is 5.78 Å². The smallest absolute Gasteiger partial charge is 0.176 e. The first kappa shape index (κ1) is 13.1. The standard InChI is InChI=1S/C14H20N2O2/c1-16-7-3-6-13(10-16)18-12-5-2-4-11(8-12)14(17)9-15/h2,4-5,8,13H,3,6-7,9-10,15H2,1H3. The van der Waals surface area contributed by atoms with Gasteiger partial charge in [0.1, 0.15) is 11.9 Å². The van der Waals surface area contributed by atoms with E-state index in [1.165, 1.54) is 0 Å². The predicted octanol–water partition coefficient (Wildman–Crippen LogP) is 1.30. The molecule has 0 aliphatic carbocycles. The number of ether oxygens (including phenoxy) is 1. The Morgan fingerprint density at radius 3 is 3.11 bits per heavy atom. The van der Waals surface area contributed by atoms with Gasteiger partial charge in [0, 0.05) is 12.1 Å². The normalized spacial score (nSPS) is 20.7. The third-order valence-corrected chi connectivity index (χ3v) is 3.23. The highest BCUT2D eigenvalue weighted by Gasteiger charge is 2.18. The second-order valence-electron chi connectivity index (χ2n) is 4.80. The van der Waals surface area contributed by atoms with Gasteiger partial charge in [-0.25, -0.2) is 0 Å². The SMILES string of the molecule is CN1CCCC(Oc2cccc(C(=O)CN)c2)C1. The number of likely N-dealkylation sites (N-methyl/N-ethyl adjacent to an activating group) is 1. The summed E-state index contributed by atoms with van der Waals surface area (Å²) >= 11 is 0. The van der Waals surface area contributed by atoms with Gasteiger partial charge in [-0.15, -0.1) is 0 Å². The van der Waals surface area contributed by atoms with Crippen molar-refractivity contribution in [2.45, 2.75) is 18.9 Å². The zero-order valence-corrected chi connectivity index (χ0v) is 10.8. The first-order valence-electron chi connectivity index (χ1n) is 6.37. The molecule has 1 aromatic rings. The molecule has 1 heterocycles. The van der Waals surface area contributed by atoms with E-state index in [-0.39, 0.29) is 18.4 Å². The minimum atomic E-state index is -0.0544. The summed E-state index contributed by atoms with van der Waals surface area (Å²) in [6.45, 7) is 2.11. The fraction of sp³-hybridized carbons (Fsp3) is 0.500. The van der Waals surface area contributed by atoms with Gasteiger partial charge in [-0.2, -0.15) is 0 Å². The highest BCUT2D eigenvalue weighted by atomic mass is 16.5. The van der Waals surface area contributed by atoms with E-state index >= 15 is 0 Å². The number of piperidine rings is 1. The van der Waals surface area contributed by atoms with E-state index in [0.717, 1.165) is 31.7 Å². The van der Waals surface area contributed by atoms with Crippen molar-refractivity contribution in [3.63, 3.8) is 0 Å². The van der Waals surface area contributed by atoms with Gasteiger partial charge in [-0.1, -0.05) is 12.1 Å². The number of carbonyl (C=O) groups excluding carboxylic acids is 1. The van der Waals surface area contributed by atoms with E-state index in [9.17, 15) is 4.79 Å². The van der Waals surface area contributed by atoms with Crippen LogP contribution < -0.4 is 10.5 Å². The van der Waals surface area contributed by atoms with Crippen molar-refractivity contribution in [2.24, 2.45) is 5.73 Å². The summed E-state index contributed by atoms with van der Waals surface area (Å²) in [6.07, 6.45) is 2.44. The molecule has 1 aliphatic rings. The largest absolute Gasteiger partial charge is 0.489 e. The molecule has 2 rings (SSSR count). The molecule has 1 saturated heterocycles. The predicted molar refractivity (Wildman–Crippen MR) is 71.0 cm³/mol. The number of Topliss-reactive ketones (excluding diaryl/α,β-unsaturated/α-hetero) is 1. The molecule has 18 heavy (non-hydrogen) atoms. The van der Waals surface area contributed by atoms with E-state index in [1.807, 2.05) is 12.1 Å². The Hall–Kier alpha value is -1.39. The summed E-state index contributed by atoms with van der Waals surface area (Å²) in [4.78, 5) is 13.8. The second kappa shape index (κ2) is 5.98. The summed E-state index contributed by atoms with van der Waals surface area (Å²) < 4.78 is 5.93. The van der Waals surface area contributed by atoms with E-state index in [0.29, 0.717) is 5.56 Å². The van der Waals surface area contributed by atoms with Crippen molar-refractivity contribution in [3.8, 4) is 5.75 Å². The molecular formula is C14H20N2O2. The van der Waals surface area contributed by atoms with Crippen LogP contribution in [0.2, 0.25) is 0 Å². The third kappa shape index (κ3) is 3.31. The summed E-state index contributed by atoms with van der Waals surface area (Å²) in [6, 6.07) is 7.28. The maximum Gasteiger partial charge on any atom is 0.176 e. The molecule has 1 aliphatic heterocycles. The van der Waals surface area contributed by atoms with Crippen LogP contribution in [0.15, 0.2) is 24.3 Å². The lowest BCUT2D eigenvalue weighted by Gasteiger charge is -2.30. The Labute approximate surface area is 108 Å². The fourth-order valence-corrected chi connectivity index (χ4v) is 2.27. The summed E-state index contributed by atoms with van der Waals surface area (Å²) in [7, 11) is 2.10. The first-order chi connectivity index (χ1) is 8.69. The average Bonchev–Trinajstić information content (AvgIpc) is 2.38. The van der Waals surface area contributed by atoms with Crippen LogP contribution in [-0.4, -0.2) is 43.5 Å². The molecule has 0 radical (unpaired) electrons. The van der Waals surface area contributed by atoms with E-state index < -0.39 is 0 Å².